The van der Waals surface area contributed by atoms with Gasteiger partial charge in [0.05, 0.1) is 17.8 Å². The van der Waals surface area contributed by atoms with Gasteiger partial charge in [-0.25, -0.2) is 4.98 Å². The van der Waals surface area contributed by atoms with Crippen LogP contribution in [0.5, 0.6) is 5.75 Å². The summed E-state index contributed by atoms with van der Waals surface area (Å²) in [7, 11) is 4.22. The van der Waals surface area contributed by atoms with Gasteiger partial charge in [-0.05, 0) is 95.8 Å². The first-order valence-electron chi connectivity index (χ1n) is 11.9. The highest BCUT2D eigenvalue weighted by molar-refractivity contribution is 5.93. The first-order valence-corrected chi connectivity index (χ1v) is 11.9. The number of nitrogens with zero attached hydrogens (tertiary/aromatic N) is 3. The maximum absolute atomic E-state index is 5.97. The second kappa shape index (κ2) is 11.3. The average molecular weight is 433 g/mol. The predicted molar refractivity (Wildman–Crippen MR) is 135 cm³/mol. The third-order valence-electron chi connectivity index (χ3n) is 6.05. The third kappa shape index (κ3) is 6.21. The average Bonchev–Trinajstić information content (AvgIpc) is 3.33. The van der Waals surface area contributed by atoms with Gasteiger partial charge in [-0.15, -0.1) is 0 Å². The van der Waals surface area contributed by atoms with Gasteiger partial charge in [0.2, 0.25) is 0 Å². The maximum Gasteiger partial charge on any atom is 0.119 e. The van der Waals surface area contributed by atoms with Crippen LogP contribution < -0.4 is 10.1 Å². The van der Waals surface area contributed by atoms with Crippen LogP contribution in [0.4, 0.5) is 5.69 Å². The number of fused-ring (bicyclic) bond motifs is 1. The molecule has 0 atom stereocenters. The second-order valence-electron chi connectivity index (χ2n) is 8.93. The minimum Gasteiger partial charge on any atom is -0.494 e. The number of para-hydroxylation sites is 1. The fourth-order valence-electron chi connectivity index (χ4n) is 4.29. The Labute approximate surface area is 192 Å². The Balaban J connectivity index is 1.40. The maximum atomic E-state index is 5.97. The lowest BCUT2D eigenvalue weighted by atomic mass is 10.1. The van der Waals surface area contributed by atoms with Gasteiger partial charge in [0.15, 0.2) is 0 Å². The zero-order chi connectivity index (χ0) is 22.2. The molecule has 3 aromatic rings. The molecule has 1 aromatic heterocycles. The molecule has 5 heteroatoms. The number of ether oxygens (including phenoxy) is 1. The van der Waals surface area contributed by atoms with E-state index in [1.165, 1.54) is 31.3 Å². The van der Waals surface area contributed by atoms with E-state index < -0.39 is 0 Å². The second-order valence-corrected chi connectivity index (χ2v) is 8.93. The molecule has 1 N–H and O–H groups in total. The van der Waals surface area contributed by atoms with Gasteiger partial charge in [-0.1, -0.05) is 18.2 Å². The minimum absolute atomic E-state index is 0.769. The summed E-state index contributed by atoms with van der Waals surface area (Å²) in [4.78, 5) is 9.67. The van der Waals surface area contributed by atoms with Crippen LogP contribution in [0, 0.1) is 0 Å². The van der Waals surface area contributed by atoms with E-state index in [0.29, 0.717) is 0 Å². The number of likely N-dealkylation sites (tertiary alicyclic amines) is 1. The number of hydrogen-bond acceptors (Lipinski definition) is 5. The number of benzene rings is 2. The van der Waals surface area contributed by atoms with E-state index in [1.807, 2.05) is 6.07 Å². The highest BCUT2D eigenvalue weighted by atomic mass is 16.5. The fraction of sp³-hybridized carbons (Fsp3) is 0.444. The van der Waals surface area contributed by atoms with Gasteiger partial charge in [0.1, 0.15) is 5.75 Å². The lowest BCUT2D eigenvalue weighted by Gasteiger charge is -2.15. The molecule has 0 unspecified atom stereocenters. The van der Waals surface area contributed by atoms with E-state index in [2.05, 4.69) is 77.7 Å². The molecule has 1 aliphatic heterocycles. The molecule has 0 bridgehead atoms. The number of aromatic nitrogens is 1. The summed E-state index contributed by atoms with van der Waals surface area (Å²) in [5.41, 5.74) is 4.25. The van der Waals surface area contributed by atoms with Gasteiger partial charge in [0, 0.05) is 29.7 Å². The molecule has 4 rings (SSSR count). The van der Waals surface area contributed by atoms with Crippen LogP contribution in [0.3, 0.4) is 0 Å². The van der Waals surface area contributed by atoms with E-state index in [-0.39, 0.29) is 0 Å². The molecule has 1 fully saturated rings. The van der Waals surface area contributed by atoms with Crippen LogP contribution in [0.15, 0.2) is 54.6 Å². The summed E-state index contributed by atoms with van der Waals surface area (Å²) in [6, 6.07) is 18.9. The van der Waals surface area contributed by atoms with Gasteiger partial charge < -0.3 is 19.9 Å². The van der Waals surface area contributed by atoms with Gasteiger partial charge >= 0.3 is 0 Å². The molecule has 0 spiro atoms. The van der Waals surface area contributed by atoms with Crippen molar-refractivity contribution in [3.8, 4) is 17.0 Å². The first-order chi connectivity index (χ1) is 15.7. The number of nitrogens with one attached hydrogen (secondary N) is 1. The Hall–Kier alpha value is -2.63. The Morgan fingerprint density at radius 2 is 1.78 bits per heavy atom. The number of pyridine rings is 1. The van der Waals surface area contributed by atoms with Crippen molar-refractivity contribution in [3.05, 3.63) is 54.6 Å². The van der Waals surface area contributed by atoms with Gasteiger partial charge in [-0.3, -0.25) is 0 Å². The number of anilines is 1. The summed E-state index contributed by atoms with van der Waals surface area (Å²) in [5.74, 6) is 0.929. The Morgan fingerprint density at radius 3 is 2.56 bits per heavy atom. The van der Waals surface area contributed by atoms with Crippen LogP contribution in [0.25, 0.3) is 22.2 Å². The lowest BCUT2D eigenvalue weighted by Crippen LogP contribution is -2.21. The molecule has 32 heavy (non-hydrogen) atoms. The summed E-state index contributed by atoms with van der Waals surface area (Å²) in [5, 5.41) is 4.79. The Kier molecular flexibility index (Phi) is 7.97. The van der Waals surface area contributed by atoms with Crippen molar-refractivity contribution in [3.63, 3.8) is 0 Å². The molecule has 0 saturated carbocycles. The van der Waals surface area contributed by atoms with Crippen LogP contribution in [0.1, 0.15) is 25.7 Å². The number of hydrogen-bond donors (Lipinski definition) is 1. The summed E-state index contributed by atoms with van der Waals surface area (Å²) >= 11 is 0. The van der Waals surface area contributed by atoms with Crippen molar-refractivity contribution < 1.29 is 4.74 Å². The van der Waals surface area contributed by atoms with E-state index in [9.17, 15) is 0 Å². The van der Waals surface area contributed by atoms with Crippen LogP contribution >= 0.6 is 0 Å². The van der Waals surface area contributed by atoms with Crippen molar-refractivity contribution in [1.82, 2.24) is 14.8 Å². The Morgan fingerprint density at radius 1 is 1.00 bits per heavy atom. The molecule has 0 aliphatic carbocycles. The summed E-state index contributed by atoms with van der Waals surface area (Å²) in [6.07, 6.45) is 4.87. The molecular formula is C27H36N4O. The lowest BCUT2D eigenvalue weighted by molar-refractivity contribution is 0.263. The van der Waals surface area contributed by atoms with E-state index in [1.54, 1.807) is 0 Å². The quantitative estimate of drug-likeness (QED) is 0.425. The normalized spacial score (nSPS) is 14.3. The van der Waals surface area contributed by atoms with Crippen molar-refractivity contribution in [1.29, 1.82) is 0 Å². The Bertz CT molecular complexity index is 981. The molecule has 0 radical (unpaired) electrons. The van der Waals surface area contributed by atoms with Crippen molar-refractivity contribution in [2.45, 2.75) is 25.7 Å². The topological polar surface area (TPSA) is 40.6 Å². The fourth-order valence-corrected chi connectivity index (χ4v) is 4.29. The predicted octanol–water partition coefficient (Wildman–Crippen LogP) is 5.13. The summed E-state index contributed by atoms with van der Waals surface area (Å²) in [6.45, 7) is 6.42. The zero-order valence-electron chi connectivity index (χ0n) is 19.5. The largest absolute Gasteiger partial charge is 0.494 e. The molecule has 1 aliphatic rings. The molecule has 1 saturated heterocycles. The highest BCUT2D eigenvalue weighted by Crippen LogP contribution is 2.29. The van der Waals surface area contributed by atoms with Crippen molar-refractivity contribution in [2.24, 2.45) is 0 Å². The first kappa shape index (κ1) is 22.6. The number of rotatable bonds is 11. The van der Waals surface area contributed by atoms with Gasteiger partial charge in [-0.2, -0.15) is 0 Å². The van der Waals surface area contributed by atoms with Crippen molar-refractivity contribution in [2.75, 3.05) is 58.7 Å². The van der Waals surface area contributed by atoms with E-state index in [0.717, 1.165) is 67.3 Å². The molecule has 2 heterocycles. The molecule has 2 aromatic carbocycles. The minimum atomic E-state index is 0.769. The highest BCUT2D eigenvalue weighted by Gasteiger charge is 2.11. The third-order valence-corrected chi connectivity index (χ3v) is 6.05. The molecule has 5 nitrogen and oxygen atoms in total. The summed E-state index contributed by atoms with van der Waals surface area (Å²) < 4.78 is 5.97. The molecule has 0 amide bonds. The SMILES string of the molecule is CN(C)CCCNc1cc(-c2ccc(OCCCN3CCCC3)cc2)nc2ccccc12. The van der Waals surface area contributed by atoms with Crippen molar-refractivity contribution >= 4 is 16.6 Å². The van der Waals surface area contributed by atoms with Crippen LogP contribution in [-0.4, -0.2) is 68.2 Å². The molecule has 170 valence electrons. The van der Waals surface area contributed by atoms with Crippen LogP contribution in [0.2, 0.25) is 0 Å². The van der Waals surface area contributed by atoms with Crippen LogP contribution in [-0.2, 0) is 0 Å². The standard InChI is InChI=1S/C27H36N4O/c1-30(2)16-7-15-28-27-21-26(29-25-10-4-3-9-24(25)27)22-11-13-23(14-12-22)32-20-8-19-31-17-5-6-18-31/h3-4,9-14,21H,5-8,15-20H2,1-2H3,(H,28,29). The van der Waals surface area contributed by atoms with E-state index >= 15 is 0 Å². The zero-order valence-corrected chi connectivity index (χ0v) is 19.5. The van der Waals surface area contributed by atoms with Gasteiger partial charge in [0.25, 0.3) is 0 Å². The molecular weight excluding hydrogens is 396 g/mol. The monoisotopic (exact) mass is 432 g/mol. The smallest absolute Gasteiger partial charge is 0.119 e. The van der Waals surface area contributed by atoms with E-state index in [4.69, 9.17) is 9.72 Å².